The first kappa shape index (κ1) is 24.3. The number of carbonyl (C=O) groups excluding carboxylic acids is 2. The summed E-state index contributed by atoms with van der Waals surface area (Å²) in [5.74, 6) is 1.40. The predicted octanol–water partition coefficient (Wildman–Crippen LogP) is 5.15. The number of amides is 1. The second-order valence-corrected chi connectivity index (χ2v) is 8.66. The maximum Gasteiger partial charge on any atom is 0.234 e. The lowest BCUT2D eigenvalue weighted by Crippen LogP contribution is -2.15. The molecule has 3 rings (SSSR count). The smallest absolute Gasteiger partial charge is 0.234 e. The number of thioether (sulfide) groups is 1. The quantitative estimate of drug-likeness (QED) is 0.254. The Labute approximate surface area is 198 Å². The van der Waals surface area contributed by atoms with Gasteiger partial charge in [0.2, 0.25) is 5.91 Å². The van der Waals surface area contributed by atoms with Crippen molar-refractivity contribution in [2.24, 2.45) is 0 Å². The Hall–Kier alpha value is -3.39. The Balaban J connectivity index is 1.65. The van der Waals surface area contributed by atoms with Gasteiger partial charge in [0.15, 0.2) is 22.9 Å². The van der Waals surface area contributed by atoms with E-state index in [0.717, 1.165) is 11.3 Å². The van der Waals surface area contributed by atoms with E-state index in [9.17, 15) is 9.59 Å². The fourth-order valence-corrected chi connectivity index (χ4v) is 3.92. The van der Waals surface area contributed by atoms with Crippen LogP contribution in [0.2, 0.25) is 0 Å². The van der Waals surface area contributed by atoms with Gasteiger partial charge in [-0.05, 0) is 75.2 Å². The lowest BCUT2D eigenvalue weighted by molar-refractivity contribution is -0.113. The average molecular weight is 465 g/mol. The van der Waals surface area contributed by atoms with Crippen LogP contribution < -0.4 is 10.1 Å². The SMILES string of the molecule is C=CCn1c(SCC(=O)Nc2ccc(C(C)=O)cc2)nnc1C(C)Oc1ccc(C)c(C)c1. The van der Waals surface area contributed by atoms with Gasteiger partial charge in [-0.15, -0.1) is 16.8 Å². The van der Waals surface area contributed by atoms with Crippen molar-refractivity contribution < 1.29 is 14.3 Å². The Morgan fingerprint density at radius 2 is 1.88 bits per heavy atom. The number of benzene rings is 2. The lowest BCUT2D eigenvalue weighted by Gasteiger charge is -2.16. The van der Waals surface area contributed by atoms with Gasteiger partial charge in [-0.3, -0.25) is 14.2 Å². The molecular formula is C25H28N4O3S. The second-order valence-electron chi connectivity index (χ2n) is 7.72. The van der Waals surface area contributed by atoms with Crippen LogP contribution >= 0.6 is 11.8 Å². The van der Waals surface area contributed by atoms with Crippen LogP contribution in [0.3, 0.4) is 0 Å². The summed E-state index contributed by atoms with van der Waals surface area (Å²) in [7, 11) is 0. The number of aromatic nitrogens is 3. The first-order chi connectivity index (χ1) is 15.8. The van der Waals surface area contributed by atoms with E-state index in [0.29, 0.717) is 28.8 Å². The highest BCUT2D eigenvalue weighted by molar-refractivity contribution is 7.99. The molecular weight excluding hydrogens is 436 g/mol. The molecule has 33 heavy (non-hydrogen) atoms. The molecule has 0 saturated carbocycles. The predicted molar refractivity (Wildman–Crippen MR) is 131 cm³/mol. The maximum atomic E-state index is 12.4. The van der Waals surface area contributed by atoms with Gasteiger partial charge in [-0.2, -0.15) is 0 Å². The number of aryl methyl sites for hydroxylation is 2. The highest BCUT2D eigenvalue weighted by Gasteiger charge is 2.20. The summed E-state index contributed by atoms with van der Waals surface area (Å²) in [5, 5.41) is 12.0. The second kappa shape index (κ2) is 11.0. The number of carbonyl (C=O) groups is 2. The molecule has 0 aliphatic rings. The Bertz CT molecular complexity index is 1150. The number of hydrogen-bond donors (Lipinski definition) is 1. The van der Waals surface area contributed by atoms with Gasteiger partial charge in [0.1, 0.15) is 5.75 Å². The molecule has 1 unspecified atom stereocenters. The van der Waals surface area contributed by atoms with Gasteiger partial charge in [0.25, 0.3) is 0 Å². The van der Waals surface area contributed by atoms with Gasteiger partial charge in [0.05, 0.1) is 5.75 Å². The van der Waals surface area contributed by atoms with Crippen LogP contribution in [0.4, 0.5) is 5.69 Å². The Kier molecular flexibility index (Phi) is 8.06. The van der Waals surface area contributed by atoms with E-state index in [-0.39, 0.29) is 23.5 Å². The van der Waals surface area contributed by atoms with Gasteiger partial charge >= 0.3 is 0 Å². The average Bonchev–Trinajstić information content (AvgIpc) is 3.18. The number of nitrogens with one attached hydrogen (secondary N) is 1. The van der Waals surface area contributed by atoms with Crippen LogP contribution in [-0.2, 0) is 11.3 Å². The zero-order valence-electron chi connectivity index (χ0n) is 19.3. The third kappa shape index (κ3) is 6.32. The molecule has 3 aromatic rings. The van der Waals surface area contributed by atoms with E-state index in [4.69, 9.17) is 4.74 Å². The fourth-order valence-electron chi connectivity index (χ4n) is 3.17. The summed E-state index contributed by atoms with van der Waals surface area (Å²) in [6, 6.07) is 12.8. The standard InChI is InChI=1S/C25H28N4O3S/c1-6-13-29-24(19(5)32-22-12-7-16(2)17(3)14-22)27-28-25(29)33-15-23(31)26-21-10-8-20(9-11-21)18(4)30/h6-12,14,19H,1,13,15H2,2-5H3,(H,26,31). The van der Waals surface area contributed by atoms with E-state index >= 15 is 0 Å². The van der Waals surface area contributed by atoms with Crippen LogP contribution in [0.15, 0.2) is 60.3 Å². The molecule has 1 atom stereocenters. The molecule has 172 valence electrons. The van der Waals surface area contributed by atoms with Crippen molar-refractivity contribution in [1.82, 2.24) is 14.8 Å². The van der Waals surface area contributed by atoms with Crippen molar-refractivity contribution in [3.8, 4) is 5.75 Å². The highest BCUT2D eigenvalue weighted by atomic mass is 32.2. The molecule has 1 N–H and O–H groups in total. The van der Waals surface area contributed by atoms with Gasteiger partial charge in [0, 0.05) is 17.8 Å². The molecule has 0 fully saturated rings. The summed E-state index contributed by atoms with van der Waals surface area (Å²) in [6.07, 6.45) is 1.43. The van der Waals surface area contributed by atoms with Crippen molar-refractivity contribution >= 4 is 29.1 Å². The molecule has 0 aliphatic heterocycles. The highest BCUT2D eigenvalue weighted by Crippen LogP contribution is 2.26. The van der Waals surface area contributed by atoms with Crippen LogP contribution in [-0.4, -0.2) is 32.2 Å². The van der Waals surface area contributed by atoms with E-state index in [1.54, 1.807) is 30.3 Å². The molecule has 0 aliphatic carbocycles. The molecule has 1 amide bonds. The minimum atomic E-state index is -0.331. The number of hydrogen-bond acceptors (Lipinski definition) is 6. The normalized spacial score (nSPS) is 11.6. The van der Waals surface area contributed by atoms with Crippen LogP contribution in [0.5, 0.6) is 5.75 Å². The molecule has 0 spiro atoms. The Morgan fingerprint density at radius 1 is 1.15 bits per heavy atom. The molecule has 0 bridgehead atoms. The third-order valence-corrected chi connectivity index (χ3v) is 6.09. The topological polar surface area (TPSA) is 86.1 Å². The summed E-state index contributed by atoms with van der Waals surface area (Å²) in [6.45, 7) is 11.9. The van der Waals surface area contributed by atoms with Gasteiger partial charge in [-0.1, -0.05) is 23.9 Å². The number of ether oxygens (including phenoxy) is 1. The molecule has 1 aromatic heterocycles. The van der Waals surface area contributed by atoms with Gasteiger partial charge < -0.3 is 10.1 Å². The molecule has 1 heterocycles. The molecule has 7 nitrogen and oxygen atoms in total. The summed E-state index contributed by atoms with van der Waals surface area (Å²) < 4.78 is 8.00. The number of Topliss-reactive ketones (excluding diaryl/α,β-unsaturated/α-hetero) is 1. The Morgan fingerprint density at radius 3 is 2.52 bits per heavy atom. The molecule has 2 aromatic carbocycles. The number of anilines is 1. The first-order valence-corrected chi connectivity index (χ1v) is 11.6. The number of rotatable bonds is 10. The van der Waals surface area contributed by atoms with Crippen molar-refractivity contribution in [3.63, 3.8) is 0 Å². The van der Waals surface area contributed by atoms with Crippen molar-refractivity contribution in [2.45, 2.75) is 45.5 Å². The summed E-state index contributed by atoms with van der Waals surface area (Å²) in [5.41, 5.74) is 3.60. The number of allylic oxidation sites excluding steroid dienone is 1. The number of ketones is 1. The first-order valence-electron chi connectivity index (χ1n) is 10.6. The monoisotopic (exact) mass is 464 g/mol. The van der Waals surface area contributed by atoms with E-state index in [1.165, 1.54) is 24.2 Å². The molecule has 0 saturated heterocycles. The van der Waals surface area contributed by atoms with Crippen molar-refractivity contribution in [1.29, 1.82) is 0 Å². The minimum absolute atomic E-state index is 0.0171. The summed E-state index contributed by atoms with van der Waals surface area (Å²) in [4.78, 5) is 23.8. The van der Waals surface area contributed by atoms with Crippen LogP contribution in [0.25, 0.3) is 0 Å². The van der Waals surface area contributed by atoms with Crippen LogP contribution in [0, 0.1) is 13.8 Å². The third-order valence-electron chi connectivity index (χ3n) is 5.12. The fraction of sp³-hybridized carbons (Fsp3) is 0.280. The molecule has 8 heteroatoms. The minimum Gasteiger partial charge on any atom is -0.483 e. The zero-order chi connectivity index (χ0) is 24.0. The molecule has 0 radical (unpaired) electrons. The van der Waals surface area contributed by atoms with Crippen molar-refractivity contribution in [2.75, 3.05) is 11.1 Å². The summed E-state index contributed by atoms with van der Waals surface area (Å²) >= 11 is 1.29. The van der Waals surface area contributed by atoms with Crippen LogP contribution in [0.1, 0.15) is 47.3 Å². The van der Waals surface area contributed by atoms with E-state index < -0.39 is 0 Å². The van der Waals surface area contributed by atoms with E-state index in [1.807, 2.05) is 36.6 Å². The number of nitrogens with zero attached hydrogens (tertiary/aromatic N) is 3. The zero-order valence-corrected chi connectivity index (χ0v) is 20.1. The van der Waals surface area contributed by atoms with E-state index in [2.05, 4.69) is 29.0 Å². The maximum absolute atomic E-state index is 12.4. The largest absolute Gasteiger partial charge is 0.483 e. The van der Waals surface area contributed by atoms with Crippen molar-refractivity contribution in [3.05, 3.63) is 77.6 Å². The van der Waals surface area contributed by atoms with Gasteiger partial charge in [-0.25, -0.2) is 0 Å². The lowest BCUT2D eigenvalue weighted by atomic mass is 10.1.